The number of benzene rings is 2. The van der Waals surface area contributed by atoms with E-state index >= 15 is 0 Å². The fourth-order valence-electron chi connectivity index (χ4n) is 2.81. The van der Waals surface area contributed by atoms with Crippen molar-refractivity contribution in [1.29, 1.82) is 0 Å². The molecule has 0 spiro atoms. The highest BCUT2D eigenvalue weighted by Gasteiger charge is 2.20. The smallest absolute Gasteiger partial charge is 0.163 e. The summed E-state index contributed by atoms with van der Waals surface area (Å²) in [4.78, 5) is 11.9. The van der Waals surface area contributed by atoms with Gasteiger partial charge in [-0.3, -0.25) is 4.79 Å². The van der Waals surface area contributed by atoms with Crippen LogP contribution < -0.4 is 4.74 Å². The van der Waals surface area contributed by atoms with E-state index in [0.29, 0.717) is 13.0 Å². The summed E-state index contributed by atoms with van der Waals surface area (Å²) in [6, 6.07) is 14.3. The Morgan fingerprint density at radius 3 is 2.52 bits per heavy atom. The second-order valence-corrected chi connectivity index (χ2v) is 5.52. The van der Waals surface area contributed by atoms with Gasteiger partial charge in [0, 0.05) is 17.5 Å². The quantitative estimate of drug-likeness (QED) is 0.832. The van der Waals surface area contributed by atoms with Crippen molar-refractivity contribution in [3.05, 3.63) is 64.7 Å². The average Bonchev–Trinajstić information content (AvgIpc) is 2.54. The molecule has 0 aliphatic heterocycles. The lowest BCUT2D eigenvalue weighted by Crippen LogP contribution is -2.12. The summed E-state index contributed by atoms with van der Waals surface area (Å²) in [6.07, 6.45) is 3.58. The summed E-state index contributed by atoms with van der Waals surface area (Å²) in [5, 5.41) is 0. The van der Waals surface area contributed by atoms with Crippen LogP contribution in [0.15, 0.2) is 42.5 Å². The van der Waals surface area contributed by atoms with Crippen LogP contribution in [0, 0.1) is 0 Å². The number of hydrogen-bond acceptors (Lipinski definition) is 2. The highest BCUT2D eigenvalue weighted by Crippen LogP contribution is 2.30. The minimum atomic E-state index is 0.244. The third-order valence-electron chi connectivity index (χ3n) is 4.09. The Balaban J connectivity index is 1.76. The summed E-state index contributed by atoms with van der Waals surface area (Å²) >= 11 is 0. The third-order valence-corrected chi connectivity index (χ3v) is 4.09. The van der Waals surface area contributed by atoms with E-state index in [1.54, 1.807) is 0 Å². The van der Waals surface area contributed by atoms with Crippen LogP contribution in [0.2, 0.25) is 0 Å². The predicted molar refractivity (Wildman–Crippen MR) is 83.9 cm³/mol. The van der Waals surface area contributed by atoms with Crippen molar-refractivity contribution in [3.8, 4) is 5.75 Å². The summed E-state index contributed by atoms with van der Waals surface area (Å²) in [7, 11) is 0. The van der Waals surface area contributed by atoms with Crippen LogP contribution in [0.5, 0.6) is 5.75 Å². The molecule has 0 atom stereocenters. The average molecular weight is 280 g/mol. The molecule has 21 heavy (non-hydrogen) atoms. The van der Waals surface area contributed by atoms with Crippen LogP contribution in [-0.2, 0) is 19.4 Å². The van der Waals surface area contributed by atoms with Gasteiger partial charge in [-0.2, -0.15) is 0 Å². The van der Waals surface area contributed by atoms with E-state index in [2.05, 4.69) is 31.2 Å². The molecule has 2 nitrogen and oxygen atoms in total. The van der Waals surface area contributed by atoms with E-state index in [-0.39, 0.29) is 5.78 Å². The van der Waals surface area contributed by atoms with Gasteiger partial charge < -0.3 is 4.74 Å². The number of ketones is 1. The van der Waals surface area contributed by atoms with Crippen molar-refractivity contribution in [2.75, 3.05) is 0 Å². The molecule has 2 aromatic rings. The summed E-state index contributed by atoms with van der Waals surface area (Å²) in [5.74, 6) is 1.11. The van der Waals surface area contributed by atoms with Gasteiger partial charge in [0.2, 0.25) is 0 Å². The van der Waals surface area contributed by atoms with Crippen molar-refractivity contribution >= 4 is 5.78 Å². The first-order chi connectivity index (χ1) is 10.3. The molecule has 0 saturated carbocycles. The summed E-state index contributed by atoms with van der Waals surface area (Å²) in [5.41, 5.74) is 4.42. The molecule has 3 rings (SSSR count). The molecule has 1 aliphatic carbocycles. The number of aryl methyl sites for hydroxylation is 1. The minimum absolute atomic E-state index is 0.244. The van der Waals surface area contributed by atoms with Crippen molar-refractivity contribution in [2.24, 2.45) is 0 Å². The maximum absolute atomic E-state index is 11.9. The van der Waals surface area contributed by atoms with Crippen LogP contribution in [-0.4, -0.2) is 5.78 Å². The normalized spacial score (nSPS) is 13.9. The molecule has 0 unspecified atom stereocenters. The van der Waals surface area contributed by atoms with Gasteiger partial charge >= 0.3 is 0 Å². The van der Waals surface area contributed by atoms with E-state index in [0.717, 1.165) is 41.7 Å². The molecule has 0 aromatic heterocycles. The van der Waals surface area contributed by atoms with Gasteiger partial charge in [0.25, 0.3) is 0 Å². The second kappa shape index (κ2) is 6.13. The lowest BCUT2D eigenvalue weighted by atomic mass is 9.90. The van der Waals surface area contributed by atoms with E-state index in [9.17, 15) is 4.79 Å². The van der Waals surface area contributed by atoms with Gasteiger partial charge in [-0.15, -0.1) is 0 Å². The van der Waals surface area contributed by atoms with Crippen molar-refractivity contribution < 1.29 is 9.53 Å². The highest BCUT2D eigenvalue weighted by molar-refractivity contribution is 5.99. The highest BCUT2D eigenvalue weighted by atomic mass is 16.5. The van der Waals surface area contributed by atoms with E-state index in [4.69, 9.17) is 4.74 Å². The maximum Gasteiger partial charge on any atom is 0.163 e. The Kier molecular flexibility index (Phi) is 4.05. The van der Waals surface area contributed by atoms with E-state index in [1.165, 1.54) is 5.56 Å². The third kappa shape index (κ3) is 2.99. The minimum Gasteiger partial charge on any atom is -0.489 e. The van der Waals surface area contributed by atoms with Gasteiger partial charge in [0.05, 0.1) is 0 Å². The molecule has 2 heteroatoms. The largest absolute Gasteiger partial charge is 0.489 e. The van der Waals surface area contributed by atoms with Crippen LogP contribution >= 0.6 is 0 Å². The Hall–Kier alpha value is -2.09. The standard InChI is InChI=1S/C19H20O2/c1-2-14-9-11-15(12-10-14)13-21-19-8-4-5-16-17(19)6-3-7-18(16)20/h4-5,8-12H,2-3,6-7,13H2,1H3. The monoisotopic (exact) mass is 280 g/mol. The Morgan fingerprint density at radius 2 is 1.76 bits per heavy atom. The van der Waals surface area contributed by atoms with Crippen LogP contribution in [0.1, 0.15) is 46.8 Å². The van der Waals surface area contributed by atoms with Crippen molar-refractivity contribution in [1.82, 2.24) is 0 Å². The van der Waals surface area contributed by atoms with Gasteiger partial charge in [-0.05, 0) is 36.5 Å². The van der Waals surface area contributed by atoms with E-state index < -0.39 is 0 Å². The molecule has 2 aromatic carbocycles. The predicted octanol–water partition coefficient (Wildman–Crippen LogP) is 4.35. The first-order valence-corrected chi connectivity index (χ1v) is 7.63. The van der Waals surface area contributed by atoms with Crippen LogP contribution in [0.3, 0.4) is 0 Å². The number of fused-ring (bicyclic) bond motifs is 1. The fraction of sp³-hybridized carbons (Fsp3) is 0.316. The molecular formula is C19H20O2. The molecule has 0 radical (unpaired) electrons. The number of carbonyl (C=O) groups is 1. The van der Waals surface area contributed by atoms with Gasteiger partial charge in [0.1, 0.15) is 12.4 Å². The van der Waals surface area contributed by atoms with Gasteiger partial charge in [0.15, 0.2) is 5.78 Å². The van der Waals surface area contributed by atoms with Gasteiger partial charge in [-0.25, -0.2) is 0 Å². The van der Waals surface area contributed by atoms with Crippen molar-refractivity contribution in [3.63, 3.8) is 0 Å². The summed E-state index contributed by atoms with van der Waals surface area (Å²) in [6.45, 7) is 2.70. The molecule has 108 valence electrons. The fourth-order valence-corrected chi connectivity index (χ4v) is 2.81. The zero-order valence-corrected chi connectivity index (χ0v) is 12.4. The first-order valence-electron chi connectivity index (χ1n) is 7.63. The molecular weight excluding hydrogens is 260 g/mol. The zero-order valence-electron chi connectivity index (χ0n) is 12.4. The zero-order chi connectivity index (χ0) is 14.7. The van der Waals surface area contributed by atoms with Crippen molar-refractivity contribution in [2.45, 2.75) is 39.2 Å². The number of rotatable bonds is 4. The van der Waals surface area contributed by atoms with Crippen LogP contribution in [0.4, 0.5) is 0 Å². The SMILES string of the molecule is CCc1ccc(COc2cccc3c2CCCC3=O)cc1. The molecule has 0 saturated heterocycles. The first kappa shape index (κ1) is 13.9. The molecule has 0 N–H and O–H groups in total. The maximum atomic E-state index is 11.9. The molecule has 0 amide bonds. The number of hydrogen-bond donors (Lipinski definition) is 0. The molecule has 1 aliphatic rings. The second-order valence-electron chi connectivity index (χ2n) is 5.52. The van der Waals surface area contributed by atoms with Gasteiger partial charge in [-0.1, -0.05) is 43.3 Å². The van der Waals surface area contributed by atoms with E-state index in [1.807, 2.05) is 18.2 Å². The Morgan fingerprint density at radius 1 is 1.00 bits per heavy atom. The summed E-state index contributed by atoms with van der Waals surface area (Å²) < 4.78 is 5.96. The Labute approximate surface area is 125 Å². The number of Topliss-reactive ketones (excluding diaryl/α,β-unsaturated/α-hetero) is 1. The number of ether oxygens (including phenoxy) is 1. The van der Waals surface area contributed by atoms with Crippen LogP contribution in [0.25, 0.3) is 0 Å². The molecule has 0 fully saturated rings. The molecule has 0 bridgehead atoms. The Bertz CT molecular complexity index is 641. The topological polar surface area (TPSA) is 26.3 Å². The number of carbonyl (C=O) groups excluding carboxylic acids is 1. The lowest BCUT2D eigenvalue weighted by molar-refractivity contribution is 0.0971. The lowest BCUT2D eigenvalue weighted by Gasteiger charge is -2.18. The molecule has 0 heterocycles.